The molecule has 2 fully saturated rings. The lowest BCUT2D eigenvalue weighted by molar-refractivity contribution is 0.0210. The molecule has 0 heterocycles. The molecule has 0 unspecified atom stereocenters. The van der Waals surface area contributed by atoms with Gasteiger partial charge >= 0.3 is 0 Å². The van der Waals surface area contributed by atoms with Crippen LogP contribution in [-0.2, 0) is 0 Å². The van der Waals surface area contributed by atoms with Crippen molar-refractivity contribution in [2.24, 2.45) is 11.8 Å². The molecule has 0 aliphatic heterocycles. The van der Waals surface area contributed by atoms with Gasteiger partial charge in [0.2, 0.25) is 0 Å². The topological polar surface area (TPSA) is 0 Å². The van der Waals surface area contributed by atoms with Gasteiger partial charge in [-0.15, -0.1) is 0 Å². The van der Waals surface area contributed by atoms with Gasteiger partial charge in [0.1, 0.15) is 11.3 Å². The van der Waals surface area contributed by atoms with E-state index in [4.69, 9.17) is 0 Å². The molecule has 0 amide bonds. The van der Waals surface area contributed by atoms with Gasteiger partial charge in [0.25, 0.3) is 0 Å². The predicted molar refractivity (Wildman–Crippen MR) is 81.4 cm³/mol. The van der Waals surface area contributed by atoms with Crippen LogP contribution in [0.15, 0.2) is 0 Å². The first-order valence-corrected chi connectivity index (χ1v) is 8.88. The largest absolute Gasteiger partial charge is 0.244 e. The Balaban J connectivity index is 1.78. The molecule has 2 aliphatic carbocycles. The minimum absolute atomic E-state index is 0.668. The fraction of sp³-hybridized carbons (Fsp3) is 1.00. The van der Waals surface area contributed by atoms with Gasteiger partial charge < -0.3 is 0 Å². The summed E-state index contributed by atoms with van der Waals surface area (Å²) in [5.41, 5.74) is -1.77. The molecule has 0 spiro atoms. The molecule has 0 bridgehead atoms. The summed E-state index contributed by atoms with van der Waals surface area (Å²) in [5.74, 6) is 1.34. The van der Waals surface area contributed by atoms with E-state index in [1.165, 1.54) is 0 Å². The highest BCUT2D eigenvalue weighted by Gasteiger charge is 2.40. The molecular weight excluding hydrogens is 254 g/mol. The standard InChI is InChI=1S/C18H32F2/c1-3-9-17(19)11-5-15(6-12-17)16-7-13-18(20,10-4-2)14-8-16/h15-16H,3-14H2,1-2H3. The highest BCUT2D eigenvalue weighted by Crippen LogP contribution is 2.47. The fourth-order valence-electron chi connectivity index (χ4n) is 4.65. The third kappa shape index (κ3) is 3.95. The van der Waals surface area contributed by atoms with Gasteiger partial charge in [-0.3, -0.25) is 0 Å². The molecule has 2 saturated carbocycles. The van der Waals surface area contributed by atoms with Crippen molar-refractivity contribution in [3.63, 3.8) is 0 Å². The van der Waals surface area contributed by atoms with Crippen molar-refractivity contribution in [2.45, 2.75) is 102 Å². The average molecular weight is 286 g/mol. The summed E-state index contributed by atoms with van der Waals surface area (Å²) < 4.78 is 29.0. The summed E-state index contributed by atoms with van der Waals surface area (Å²) >= 11 is 0. The summed E-state index contributed by atoms with van der Waals surface area (Å²) in [7, 11) is 0. The summed E-state index contributed by atoms with van der Waals surface area (Å²) in [6.07, 6.45) is 10.5. The quantitative estimate of drug-likeness (QED) is 0.550. The molecule has 0 nitrogen and oxygen atoms in total. The van der Waals surface area contributed by atoms with Crippen molar-refractivity contribution in [2.75, 3.05) is 0 Å². The molecular formula is C18H32F2. The van der Waals surface area contributed by atoms with Crippen molar-refractivity contribution in [3.8, 4) is 0 Å². The maximum Gasteiger partial charge on any atom is 0.111 e. The molecule has 2 aliphatic rings. The second kappa shape index (κ2) is 6.75. The van der Waals surface area contributed by atoms with Crippen LogP contribution in [0.3, 0.4) is 0 Å². The van der Waals surface area contributed by atoms with Crippen molar-refractivity contribution < 1.29 is 8.78 Å². The minimum Gasteiger partial charge on any atom is -0.244 e. The van der Waals surface area contributed by atoms with Crippen LogP contribution in [0.5, 0.6) is 0 Å². The van der Waals surface area contributed by atoms with Gasteiger partial charge in [-0.1, -0.05) is 26.7 Å². The Kier molecular flexibility index (Phi) is 5.48. The SMILES string of the molecule is CCCC1(F)CCC(C2CCC(F)(CCC)CC2)CC1. The van der Waals surface area contributed by atoms with Crippen LogP contribution in [0.2, 0.25) is 0 Å². The van der Waals surface area contributed by atoms with E-state index >= 15 is 0 Å². The van der Waals surface area contributed by atoms with Crippen LogP contribution in [-0.4, -0.2) is 11.3 Å². The van der Waals surface area contributed by atoms with Gasteiger partial charge in [-0.2, -0.15) is 0 Å². The van der Waals surface area contributed by atoms with E-state index < -0.39 is 11.3 Å². The van der Waals surface area contributed by atoms with Crippen molar-refractivity contribution in [1.29, 1.82) is 0 Å². The maximum absolute atomic E-state index is 14.5. The summed E-state index contributed by atoms with van der Waals surface area (Å²) in [4.78, 5) is 0. The Hall–Kier alpha value is -0.140. The third-order valence-electron chi connectivity index (χ3n) is 5.92. The zero-order valence-electron chi connectivity index (χ0n) is 13.4. The second-order valence-electron chi connectivity index (χ2n) is 7.48. The van der Waals surface area contributed by atoms with Gasteiger partial charge in [0, 0.05) is 0 Å². The zero-order chi connectivity index (χ0) is 14.6. The predicted octanol–water partition coefficient (Wildman–Crippen LogP) is 6.38. The monoisotopic (exact) mass is 286 g/mol. The van der Waals surface area contributed by atoms with E-state index in [2.05, 4.69) is 13.8 Å². The van der Waals surface area contributed by atoms with Crippen molar-refractivity contribution in [3.05, 3.63) is 0 Å². The average Bonchev–Trinajstić information content (AvgIpc) is 2.41. The lowest BCUT2D eigenvalue weighted by Crippen LogP contribution is -2.36. The van der Waals surface area contributed by atoms with Crippen molar-refractivity contribution in [1.82, 2.24) is 0 Å². The zero-order valence-corrected chi connectivity index (χ0v) is 13.4. The number of hydrogen-bond donors (Lipinski definition) is 0. The fourth-order valence-corrected chi connectivity index (χ4v) is 4.65. The van der Waals surface area contributed by atoms with E-state index in [-0.39, 0.29) is 0 Å². The maximum atomic E-state index is 14.5. The summed E-state index contributed by atoms with van der Waals surface area (Å²) in [6, 6.07) is 0. The lowest BCUT2D eigenvalue weighted by Gasteiger charge is -2.41. The first-order chi connectivity index (χ1) is 9.50. The Bertz CT molecular complexity index is 254. The molecule has 2 heteroatoms. The van der Waals surface area contributed by atoms with Crippen LogP contribution in [0, 0.1) is 11.8 Å². The van der Waals surface area contributed by atoms with Gasteiger partial charge in [0.05, 0.1) is 0 Å². The molecule has 0 radical (unpaired) electrons. The summed E-state index contributed by atoms with van der Waals surface area (Å²) in [6.45, 7) is 4.15. The number of halogens is 2. The first kappa shape index (κ1) is 16.2. The Morgan fingerprint density at radius 3 is 1.25 bits per heavy atom. The lowest BCUT2D eigenvalue weighted by atomic mass is 9.67. The Morgan fingerprint density at radius 2 is 1.00 bits per heavy atom. The van der Waals surface area contributed by atoms with E-state index in [9.17, 15) is 8.78 Å². The van der Waals surface area contributed by atoms with E-state index in [0.717, 1.165) is 77.0 Å². The minimum atomic E-state index is -0.883. The first-order valence-electron chi connectivity index (χ1n) is 8.88. The Labute approximate surface area is 123 Å². The van der Waals surface area contributed by atoms with Crippen LogP contribution in [0.4, 0.5) is 8.78 Å². The van der Waals surface area contributed by atoms with Crippen LogP contribution < -0.4 is 0 Å². The van der Waals surface area contributed by atoms with Crippen molar-refractivity contribution >= 4 is 0 Å². The molecule has 118 valence electrons. The van der Waals surface area contributed by atoms with E-state index in [1.807, 2.05) is 0 Å². The molecule has 0 atom stereocenters. The van der Waals surface area contributed by atoms with Gasteiger partial charge in [-0.05, 0) is 76.0 Å². The number of hydrogen-bond acceptors (Lipinski definition) is 0. The molecule has 0 aromatic carbocycles. The van der Waals surface area contributed by atoms with E-state index in [1.54, 1.807) is 0 Å². The van der Waals surface area contributed by atoms with Crippen LogP contribution in [0.1, 0.15) is 90.9 Å². The van der Waals surface area contributed by atoms with Gasteiger partial charge in [0.15, 0.2) is 0 Å². The number of rotatable bonds is 5. The molecule has 0 saturated heterocycles. The highest BCUT2D eigenvalue weighted by atomic mass is 19.1. The highest BCUT2D eigenvalue weighted by molar-refractivity contribution is 4.92. The summed E-state index contributed by atoms with van der Waals surface area (Å²) in [5, 5.41) is 0. The van der Waals surface area contributed by atoms with Crippen LogP contribution in [0.25, 0.3) is 0 Å². The van der Waals surface area contributed by atoms with E-state index in [0.29, 0.717) is 11.8 Å². The molecule has 0 aromatic rings. The molecule has 0 aromatic heterocycles. The normalized spacial score (nSPS) is 42.6. The second-order valence-corrected chi connectivity index (χ2v) is 7.48. The van der Waals surface area contributed by atoms with Crippen LogP contribution >= 0.6 is 0 Å². The Morgan fingerprint density at radius 1 is 0.700 bits per heavy atom. The van der Waals surface area contributed by atoms with Gasteiger partial charge in [-0.25, -0.2) is 8.78 Å². The third-order valence-corrected chi connectivity index (χ3v) is 5.92. The molecule has 20 heavy (non-hydrogen) atoms. The molecule has 0 N–H and O–H groups in total. The smallest absolute Gasteiger partial charge is 0.111 e. The molecule has 2 rings (SSSR count). The number of alkyl halides is 2.